The van der Waals surface area contributed by atoms with Crippen LogP contribution in [0.15, 0.2) is 18.2 Å². The SMILES string of the molecule is CC(C)(C)CC(O)c1ccc2c(c1)CCCC(=O)N2. The Bertz CT molecular complexity index is 474. The van der Waals surface area contributed by atoms with Crippen molar-refractivity contribution < 1.29 is 9.90 Å². The zero-order valence-corrected chi connectivity index (χ0v) is 12.0. The molecule has 0 fully saturated rings. The summed E-state index contributed by atoms with van der Waals surface area (Å²) < 4.78 is 0. The molecule has 1 amide bonds. The molecule has 1 aromatic rings. The highest BCUT2D eigenvalue weighted by molar-refractivity contribution is 5.92. The van der Waals surface area contributed by atoms with Crippen molar-refractivity contribution in [3.63, 3.8) is 0 Å². The van der Waals surface area contributed by atoms with Gasteiger partial charge in [-0.25, -0.2) is 0 Å². The molecular formula is C16H23NO2. The molecule has 1 heterocycles. The molecule has 1 unspecified atom stereocenters. The molecule has 3 nitrogen and oxygen atoms in total. The van der Waals surface area contributed by atoms with Gasteiger partial charge in [0, 0.05) is 12.1 Å². The number of benzene rings is 1. The third-order valence-corrected chi connectivity index (χ3v) is 3.44. The first-order valence-corrected chi connectivity index (χ1v) is 6.96. The summed E-state index contributed by atoms with van der Waals surface area (Å²) in [4.78, 5) is 11.5. The van der Waals surface area contributed by atoms with Gasteiger partial charge < -0.3 is 10.4 Å². The second kappa shape index (κ2) is 5.33. The van der Waals surface area contributed by atoms with Crippen LogP contribution in [-0.4, -0.2) is 11.0 Å². The monoisotopic (exact) mass is 261 g/mol. The second-order valence-electron chi connectivity index (χ2n) is 6.60. The van der Waals surface area contributed by atoms with Crippen LogP contribution >= 0.6 is 0 Å². The summed E-state index contributed by atoms with van der Waals surface area (Å²) in [7, 11) is 0. The van der Waals surface area contributed by atoms with Crippen LogP contribution in [0.1, 0.15) is 57.3 Å². The maximum atomic E-state index is 11.5. The van der Waals surface area contributed by atoms with Crippen molar-refractivity contribution in [3.05, 3.63) is 29.3 Å². The van der Waals surface area contributed by atoms with Gasteiger partial charge in [-0.15, -0.1) is 0 Å². The van der Waals surface area contributed by atoms with Crippen LogP contribution in [0.4, 0.5) is 5.69 Å². The molecule has 1 atom stereocenters. The third kappa shape index (κ3) is 3.80. The number of carbonyl (C=O) groups excluding carboxylic acids is 1. The van der Waals surface area contributed by atoms with Gasteiger partial charge in [-0.05, 0) is 41.9 Å². The molecule has 2 N–H and O–H groups in total. The second-order valence-corrected chi connectivity index (χ2v) is 6.60. The van der Waals surface area contributed by atoms with E-state index in [9.17, 15) is 9.90 Å². The van der Waals surface area contributed by atoms with Gasteiger partial charge in [0.25, 0.3) is 0 Å². The highest BCUT2D eigenvalue weighted by Crippen LogP contribution is 2.32. The summed E-state index contributed by atoms with van der Waals surface area (Å²) in [6.45, 7) is 6.37. The van der Waals surface area contributed by atoms with Gasteiger partial charge in [0.1, 0.15) is 0 Å². The molecule has 0 radical (unpaired) electrons. The Labute approximate surface area is 115 Å². The summed E-state index contributed by atoms with van der Waals surface area (Å²) in [5.41, 5.74) is 3.08. The number of nitrogens with one attached hydrogen (secondary N) is 1. The predicted octanol–water partition coefficient (Wildman–Crippen LogP) is 3.43. The number of amides is 1. The fourth-order valence-corrected chi connectivity index (χ4v) is 2.50. The first kappa shape index (κ1) is 14.1. The van der Waals surface area contributed by atoms with Gasteiger partial charge in [0.05, 0.1) is 6.10 Å². The number of hydrogen-bond acceptors (Lipinski definition) is 2. The van der Waals surface area contributed by atoms with Crippen LogP contribution in [0.5, 0.6) is 0 Å². The Morgan fingerprint density at radius 3 is 2.74 bits per heavy atom. The van der Waals surface area contributed by atoms with Gasteiger partial charge in [-0.1, -0.05) is 32.9 Å². The average molecular weight is 261 g/mol. The van der Waals surface area contributed by atoms with Crippen molar-refractivity contribution in [3.8, 4) is 0 Å². The molecule has 0 saturated carbocycles. The minimum absolute atomic E-state index is 0.0849. The summed E-state index contributed by atoms with van der Waals surface area (Å²) in [5.74, 6) is 0.0849. The number of aryl methyl sites for hydroxylation is 1. The highest BCUT2D eigenvalue weighted by Gasteiger charge is 2.20. The van der Waals surface area contributed by atoms with E-state index in [0.29, 0.717) is 6.42 Å². The molecule has 0 saturated heterocycles. The third-order valence-electron chi connectivity index (χ3n) is 3.44. The predicted molar refractivity (Wildman–Crippen MR) is 77.0 cm³/mol. The van der Waals surface area contributed by atoms with E-state index in [1.165, 1.54) is 0 Å². The number of hydrogen-bond donors (Lipinski definition) is 2. The molecule has 19 heavy (non-hydrogen) atoms. The van der Waals surface area contributed by atoms with E-state index in [1.807, 2.05) is 18.2 Å². The molecule has 0 bridgehead atoms. The van der Waals surface area contributed by atoms with E-state index in [0.717, 1.165) is 36.1 Å². The Kier molecular flexibility index (Phi) is 3.95. The quantitative estimate of drug-likeness (QED) is 0.857. The lowest BCUT2D eigenvalue weighted by atomic mass is 9.86. The summed E-state index contributed by atoms with van der Waals surface area (Å²) in [6.07, 6.45) is 2.64. The molecule has 1 aliphatic rings. The number of aliphatic hydroxyl groups is 1. The van der Waals surface area contributed by atoms with Crippen molar-refractivity contribution in [2.45, 2.75) is 52.6 Å². The molecule has 0 spiro atoms. The lowest BCUT2D eigenvalue weighted by Gasteiger charge is -2.23. The van der Waals surface area contributed by atoms with E-state index in [-0.39, 0.29) is 11.3 Å². The minimum atomic E-state index is -0.441. The summed E-state index contributed by atoms with van der Waals surface area (Å²) in [5, 5.41) is 13.2. The van der Waals surface area contributed by atoms with Gasteiger partial charge in [-0.2, -0.15) is 0 Å². The maximum Gasteiger partial charge on any atom is 0.224 e. The lowest BCUT2D eigenvalue weighted by Crippen LogP contribution is -2.12. The lowest BCUT2D eigenvalue weighted by molar-refractivity contribution is -0.116. The number of rotatable bonds is 2. The first-order chi connectivity index (χ1) is 8.85. The zero-order valence-electron chi connectivity index (χ0n) is 12.0. The maximum absolute atomic E-state index is 11.5. The van der Waals surface area contributed by atoms with Crippen LogP contribution in [0.25, 0.3) is 0 Å². The van der Waals surface area contributed by atoms with E-state index < -0.39 is 6.10 Å². The van der Waals surface area contributed by atoms with E-state index in [2.05, 4.69) is 26.1 Å². The molecule has 2 rings (SSSR count). The Balaban J connectivity index is 2.21. The molecule has 0 aliphatic carbocycles. The number of carbonyl (C=O) groups is 1. The Hall–Kier alpha value is -1.35. The average Bonchev–Trinajstić information content (AvgIpc) is 2.46. The molecular weight excluding hydrogens is 238 g/mol. The molecule has 1 aliphatic heterocycles. The van der Waals surface area contributed by atoms with Crippen molar-refractivity contribution in [2.75, 3.05) is 5.32 Å². The van der Waals surface area contributed by atoms with Crippen molar-refractivity contribution in [1.82, 2.24) is 0 Å². The van der Waals surface area contributed by atoms with Gasteiger partial charge >= 0.3 is 0 Å². The smallest absolute Gasteiger partial charge is 0.224 e. The zero-order chi connectivity index (χ0) is 14.0. The minimum Gasteiger partial charge on any atom is -0.388 e. The molecule has 0 aromatic heterocycles. The number of aliphatic hydroxyl groups excluding tert-OH is 1. The van der Waals surface area contributed by atoms with Gasteiger partial charge in [0.2, 0.25) is 5.91 Å². The van der Waals surface area contributed by atoms with E-state index >= 15 is 0 Å². The van der Waals surface area contributed by atoms with E-state index in [4.69, 9.17) is 0 Å². The van der Waals surface area contributed by atoms with Crippen molar-refractivity contribution in [1.29, 1.82) is 0 Å². The van der Waals surface area contributed by atoms with Crippen LogP contribution < -0.4 is 5.32 Å². The largest absolute Gasteiger partial charge is 0.388 e. The molecule has 3 heteroatoms. The van der Waals surface area contributed by atoms with Crippen LogP contribution in [0.2, 0.25) is 0 Å². The molecule has 1 aromatic carbocycles. The summed E-state index contributed by atoms with van der Waals surface area (Å²) >= 11 is 0. The van der Waals surface area contributed by atoms with Gasteiger partial charge in [-0.3, -0.25) is 4.79 Å². The standard InChI is InChI=1S/C16H23NO2/c1-16(2,3)10-14(18)12-7-8-13-11(9-12)5-4-6-15(19)17-13/h7-9,14,18H,4-6,10H2,1-3H3,(H,17,19). The number of fused-ring (bicyclic) bond motifs is 1. The van der Waals surface area contributed by atoms with Crippen molar-refractivity contribution >= 4 is 11.6 Å². The van der Waals surface area contributed by atoms with Crippen LogP contribution in [0, 0.1) is 5.41 Å². The van der Waals surface area contributed by atoms with E-state index in [1.54, 1.807) is 0 Å². The summed E-state index contributed by atoms with van der Waals surface area (Å²) in [6, 6.07) is 5.87. The van der Waals surface area contributed by atoms with Crippen LogP contribution in [-0.2, 0) is 11.2 Å². The highest BCUT2D eigenvalue weighted by atomic mass is 16.3. The normalized spacial score (nSPS) is 17.4. The Morgan fingerprint density at radius 2 is 2.05 bits per heavy atom. The van der Waals surface area contributed by atoms with Crippen LogP contribution in [0.3, 0.4) is 0 Å². The first-order valence-electron chi connectivity index (χ1n) is 6.96. The fourth-order valence-electron chi connectivity index (χ4n) is 2.50. The fraction of sp³-hybridized carbons (Fsp3) is 0.562. The van der Waals surface area contributed by atoms with Gasteiger partial charge in [0.15, 0.2) is 0 Å². The Morgan fingerprint density at radius 1 is 1.32 bits per heavy atom. The number of anilines is 1. The van der Waals surface area contributed by atoms with Crippen molar-refractivity contribution in [2.24, 2.45) is 5.41 Å². The molecule has 104 valence electrons. The topological polar surface area (TPSA) is 49.3 Å².